The van der Waals surface area contributed by atoms with Crippen LogP contribution in [0.3, 0.4) is 0 Å². The van der Waals surface area contributed by atoms with Crippen LogP contribution < -0.4 is 10.6 Å². The van der Waals surface area contributed by atoms with Crippen LogP contribution in [0.25, 0.3) is 0 Å². The van der Waals surface area contributed by atoms with Gasteiger partial charge in [0.1, 0.15) is 5.82 Å². The van der Waals surface area contributed by atoms with Crippen molar-refractivity contribution < 1.29 is 13.2 Å². The van der Waals surface area contributed by atoms with Gasteiger partial charge < -0.3 is 10.6 Å². The topological polar surface area (TPSA) is 49.8 Å². The van der Waals surface area contributed by atoms with Crippen LogP contribution in [0.1, 0.15) is 31.3 Å². The van der Waals surface area contributed by atoms with Gasteiger partial charge in [-0.2, -0.15) is 13.2 Å². The molecule has 4 nitrogen and oxygen atoms in total. The molecule has 0 aliphatic carbocycles. The Balaban J connectivity index is 2.18. The molecule has 2 rings (SSSR count). The minimum atomic E-state index is -4.51. The summed E-state index contributed by atoms with van der Waals surface area (Å²) in [6.07, 6.45) is -2.60. The lowest BCUT2D eigenvalue weighted by Gasteiger charge is -2.31. The second-order valence-corrected chi connectivity index (χ2v) is 4.85. The molecule has 0 amide bonds. The van der Waals surface area contributed by atoms with Crippen molar-refractivity contribution in [1.29, 1.82) is 0 Å². The van der Waals surface area contributed by atoms with Crippen molar-refractivity contribution in [2.24, 2.45) is 0 Å². The average Bonchev–Trinajstić information content (AvgIpc) is 2.30. The summed E-state index contributed by atoms with van der Waals surface area (Å²) in [6.45, 7) is 4.48. The van der Waals surface area contributed by atoms with Gasteiger partial charge >= 0.3 is 6.18 Å². The van der Waals surface area contributed by atoms with E-state index < -0.39 is 12.0 Å². The summed E-state index contributed by atoms with van der Waals surface area (Å²) in [4.78, 5) is 6.98. The molecule has 19 heavy (non-hydrogen) atoms. The lowest BCUT2D eigenvalue weighted by atomic mass is 10.00. The molecule has 1 aromatic rings. The number of hydrogen-bond acceptors (Lipinski definition) is 4. The van der Waals surface area contributed by atoms with Gasteiger partial charge in [-0.05, 0) is 33.2 Å². The van der Waals surface area contributed by atoms with E-state index >= 15 is 0 Å². The van der Waals surface area contributed by atoms with Crippen LogP contribution in [0.4, 0.5) is 19.0 Å². The van der Waals surface area contributed by atoms with Gasteiger partial charge in [0.15, 0.2) is 0 Å². The Hall–Kier alpha value is -1.37. The van der Waals surface area contributed by atoms with Crippen LogP contribution in [-0.4, -0.2) is 28.6 Å². The standard InChI is InChI=1S/C12H17F3N4/c1-7-6-10(19-11(17-7)12(13,14)15)18-9-4-3-5-16-8(9)2/h6,8-9,16H,3-5H2,1-2H3,(H,17,18,19)/t8-,9+/m1/s1. The molecule has 0 saturated carbocycles. The molecule has 1 aliphatic heterocycles. The zero-order valence-electron chi connectivity index (χ0n) is 10.9. The lowest BCUT2D eigenvalue weighted by Crippen LogP contribution is -2.46. The molecule has 7 heteroatoms. The first-order chi connectivity index (χ1) is 8.86. The third-order valence-corrected chi connectivity index (χ3v) is 3.20. The second-order valence-electron chi connectivity index (χ2n) is 4.85. The maximum atomic E-state index is 12.6. The Bertz CT molecular complexity index is 447. The van der Waals surface area contributed by atoms with Gasteiger partial charge in [-0.3, -0.25) is 0 Å². The number of halogens is 3. The first kappa shape index (κ1) is 14.0. The van der Waals surface area contributed by atoms with Gasteiger partial charge in [0, 0.05) is 23.8 Å². The van der Waals surface area contributed by atoms with Crippen LogP contribution in [0.2, 0.25) is 0 Å². The minimum Gasteiger partial charge on any atom is -0.366 e. The Kier molecular flexibility index (Phi) is 3.93. The van der Waals surface area contributed by atoms with Crippen LogP contribution in [-0.2, 0) is 6.18 Å². The van der Waals surface area contributed by atoms with Gasteiger partial charge in [-0.25, -0.2) is 9.97 Å². The van der Waals surface area contributed by atoms with E-state index in [9.17, 15) is 13.2 Å². The molecule has 106 valence electrons. The minimum absolute atomic E-state index is 0.0872. The first-order valence-corrected chi connectivity index (χ1v) is 6.29. The number of piperidine rings is 1. The van der Waals surface area contributed by atoms with Gasteiger partial charge in [-0.15, -0.1) is 0 Å². The number of nitrogens with one attached hydrogen (secondary N) is 2. The van der Waals surface area contributed by atoms with Crippen molar-refractivity contribution in [1.82, 2.24) is 15.3 Å². The molecule has 2 N–H and O–H groups in total. The average molecular weight is 274 g/mol. The molecule has 1 aromatic heterocycles. The van der Waals surface area contributed by atoms with E-state index in [2.05, 4.69) is 20.6 Å². The van der Waals surface area contributed by atoms with Crippen molar-refractivity contribution in [3.8, 4) is 0 Å². The largest absolute Gasteiger partial charge is 0.451 e. The van der Waals surface area contributed by atoms with Crippen molar-refractivity contribution in [2.75, 3.05) is 11.9 Å². The number of anilines is 1. The molecule has 0 aromatic carbocycles. The second kappa shape index (κ2) is 5.32. The van der Waals surface area contributed by atoms with Crippen LogP contribution in [0, 0.1) is 6.92 Å². The fraction of sp³-hybridized carbons (Fsp3) is 0.667. The number of aromatic nitrogens is 2. The fourth-order valence-electron chi connectivity index (χ4n) is 2.20. The summed E-state index contributed by atoms with van der Waals surface area (Å²) < 4.78 is 37.9. The number of rotatable bonds is 2. The maximum Gasteiger partial charge on any atom is 0.451 e. The summed E-state index contributed by atoms with van der Waals surface area (Å²) in [7, 11) is 0. The third kappa shape index (κ3) is 3.56. The predicted octanol–water partition coefficient (Wildman–Crippen LogP) is 2.36. The highest BCUT2D eigenvalue weighted by atomic mass is 19.4. The normalized spacial score (nSPS) is 24.3. The Morgan fingerprint density at radius 3 is 2.74 bits per heavy atom. The summed E-state index contributed by atoms with van der Waals surface area (Å²) >= 11 is 0. The quantitative estimate of drug-likeness (QED) is 0.869. The molecule has 2 heterocycles. The Morgan fingerprint density at radius 2 is 2.11 bits per heavy atom. The van der Waals surface area contributed by atoms with Gasteiger partial charge in [-0.1, -0.05) is 0 Å². The van der Waals surface area contributed by atoms with Crippen molar-refractivity contribution >= 4 is 5.82 Å². The van der Waals surface area contributed by atoms with Crippen LogP contribution >= 0.6 is 0 Å². The molecule has 0 radical (unpaired) electrons. The zero-order chi connectivity index (χ0) is 14.0. The highest BCUT2D eigenvalue weighted by Crippen LogP contribution is 2.27. The summed E-state index contributed by atoms with van der Waals surface area (Å²) in [6, 6.07) is 1.83. The predicted molar refractivity (Wildman–Crippen MR) is 65.9 cm³/mol. The van der Waals surface area contributed by atoms with Crippen molar-refractivity contribution in [3.05, 3.63) is 17.6 Å². The van der Waals surface area contributed by atoms with E-state index in [1.807, 2.05) is 6.92 Å². The van der Waals surface area contributed by atoms with E-state index in [1.54, 1.807) is 0 Å². The number of hydrogen-bond donors (Lipinski definition) is 2. The molecule has 1 aliphatic rings. The van der Waals surface area contributed by atoms with Crippen LogP contribution in [0.5, 0.6) is 0 Å². The van der Waals surface area contributed by atoms with E-state index in [-0.39, 0.29) is 17.9 Å². The summed E-state index contributed by atoms with van der Waals surface area (Å²) in [5, 5.41) is 6.35. The number of aryl methyl sites for hydroxylation is 1. The SMILES string of the molecule is Cc1cc(N[C@H]2CCCN[C@@H]2C)nc(C(F)(F)F)n1. The van der Waals surface area contributed by atoms with Gasteiger partial charge in [0.2, 0.25) is 5.82 Å². The molecular weight excluding hydrogens is 257 g/mol. The van der Waals surface area contributed by atoms with Gasteiger partial charge in [0.25, 0.3) is 0 Å². The molecule has 1 saturated heterocycles. The van der Waals surface area contributed by atoms with E-state index in [0.717, 1.165) is 19.4 Å². The fourth-order valence-corrected chi connectivity index (χ4v) is 2.20. The molecule has 1 fully saturated rings. The smallest absolute Gasteiger partial charge is 0.366 e. The molecule has 0 bridgehead atoms. The van der Waals surface area contributed by atoms with E-state index in [1.165, 1.54) is 13.0 Å². The maximum absolute atomic E-state index is 12.6. The third-order valence-electron chi connectivity index (χ3n) is 3.20. The number of nitrogens with zero attached hydrogens (tertiary/aromatic N) is 2. The molecular formula is C12H17F3N4. The van der Waals surface area contributed by atoms with Crippen molar-refractivity contribution in [3.63, 3.8) is 0 Å². The van der Waals surface area contributed by atoms with E-state index in [0.29, 0.717) is 5.69 Å². The van der Waals surface area contributed by atoms with Crippen LogP contribution in [0.15, 0.2) is 6.07 Å². The van der Waals surface area contributed by atoms with E-state index in [4.69, 9.17) is 0 Å². The summed E-state index contributed by atoms with van der Waals surface area (Å²) in [5.74, 6) is -0.855. The number of alkyl halides is 3. The summed E-state index contributed by atoms with van der Waals surface area (Å²) in [5.41, 5.74) is 0.307. The van der Waals surface area contributed by atoms with Crippen molar-refractivity contribution in [2.45, 2.75) is 44.9 Å². The Morgan fingerprint density at radius 1 is 1.37 bits per heavy atom. The van der Waals surface area contributed by atoms with Gasteiger partial charge in [0.05, 0.1) is 0 Å². The molecule has 2 atom stereocenters. The molecule has 0 spiro atoms. The first-order valence-electron chi connectivity index (χ1n) is 6.29. The molecule has 0 unspecified atom stereocenters. The highest BCUT2D eigenvalue weighted by molar-refractivity contribution is 5.38. The highest BCUT2D eigenvalue weighted by Gasteiger charge is 2.35. The zero-order valence-corrected chi connectivity index (χ0v) is 10.9. The lowest BCUT2D eigenvalue weighted by molar-refractivity contribution is -0.145. The monoisotopic (exact) mass is 274 g/mol. The Labute approximate surface area is 109 Å².